The Balaban J connectivity index is 1.62. The molecule has 0 amide bonds. The molecule has 4 aromatic rings. The zero-order valence-electron chi connectivity index (χ0n) is 18.0. The molecule has 2 N–H and O–H groups in total. The van der Waals surface area contributed by atoms with Crippen LogP contribution in [0.15, 0.2) is 70.8 Å². The fraction of sp³-hybridized carbons (Fsp3) is 0.130. The van der Waals surface area contributed by atoms with E-state index in [1.165, 1.54) is 15.6 Å². The Morgan fingerprint density at radius 3 is 2.64 bits per heavy atom. The second-order valence-corrected chi connectivity index (χ2v) is 7.32. The number of hydrogen-bond acceptors (Lipinski definition) is 7. The Labute approximate surface area is 194 Å². The lowest BCUT2D eigenvalue weighted by molar-refractivity contribution is 0.321. The van der Waals surface area contributed by atoms with Gasteiger partial charge in [0.2, 0.25) is 5.95 Å². The van der Waals surface area contributed by atoms with Crippen molar-refractivity contribution in [3.8, 4) is 22.9 Å². The first kappa shape index (κ1) is 22.1. The molecule has 2 aromatic carbocycles. The highest BCUT2D eigenvalue weighted by Gasteiger charge is 2.15. The average molecular weight is 465 g/mol. The first-order valence-electron chi connectivity index (χ1n) is 10.1. The van der Waals surface area contributed by atoms with Crippen molar-refractivity contribution in [1.82, 2.24) is 19.4 Å². The number of nitrogens with zero attached hydrogens (tertiary/aromatic N) is 5. The first-order valence-corrected chi connectivity index (χ1v) is 10.5. The molecule has 0 aliphatic carbocycles. The number of aromatic nitrogens is 4. The summed E-state index contributed by atoms with van der Waals surface area (Å²) >= 11 is 6.31. The van der Waals surface area contributed by atoms with Gasteiger partial charge in [-0.3, -0.25) is 4.79 Å². The van der Waals surface area contributed by atoms with Crippen LogP contribution in [0, 0.1) is 6.92 Å². The topological polar surface area (TPSA) is 110 Å². The number of ether oxygens (including phenoxy) is 2. The average Bonchev–Trinajstić information content (AvgIpc) is 3.14. The third kappa shape index (κ3) is 4.88. The minimum atomic E-state index is -0.490. The van der Waals surface area contributed by atoms with Gasteiger partial charge in [0.1, 0.15) is 0 Å². The summed E-state index contributed by atoms with van der Waals surface area (Å²) in [7, 11) is 0. The van der Waals surface area contributed by atoms with Crippen LogP contribution in [0.4, 0.5) is 5.95 Å². The summed E-state index contributed by atoms with van der Waals surface area (Å²) in [5.41, 5.74) is 7.44. The maximum Gasteiger partial charge on any atom is 0.294 e. The summed E-state index contributed by atoms with van der Waals surface area (Å²) in [5.74, 6) is 1.26. The molecule has 0 saturated carbocycles. The molecule has 10 heteroatoms. The van der Waals surface area contributed by atoms with E-state index in [9.17, 15) is 4.79 Å². The molecule has 9 nitrogen and oxygen atoms in total. The number of aryl methyl sites for hydroxylation is 1. The fourth-order valence-corrected chi connectivity index (χ4v) is 3.21. The lowest BCUT2D eigenvalue weighted by atomic mass is 10.2. The van der Waals surface area contributed by atoms with Crippen LogP contribution in [0.5, 0.6) is 17.2 Å². The fourth-order valence-electron chi connectivity index (χ4n) is 3.04. The summed E-state index contributed by atoms with van der Waals surface area (Å²) in [6.07, 6.45) is 4.74. The predicted octanol–water partition coefficient (Wildman–Crippen LogP) is 4.05. The number of hydrogen-bond donors (Lipinski definition) is 1. The second kappa shape index (κ2) is 9.58. The Kier molecular flexibility index (Phi) is 6.41. The molecule has 2 aromatic heterocycles. The molecule has 2 heterocycles. The van der Waals surface area contributed by atoms with E-state index in [0.29, 0.717) is 29.7 Å². The SMILES string of the molecule is CCOc1cc(C=Nn2cc(C)nc2N)ccc1Oc1cnn(-c2ccccc2)c(=O)c1Cl. The van der Waals surface area contributed by atoms with Crippen molar-refractivity contribution >= 4 is 23.8 Å². The minimum Gasteiger partial charge on any atom is -0.490 e. The highest BCUT2D eigenvalue weighted by molar-refractivity contribution is 6.31. The maximum atomic E-state index is 12.7. The minimum absolute atomic E-state index is 0.0899. The number of benzene rings is 2. The van der Waals surface area contributed by atoms with Gasteiger partial charge in [-0.2, -0.15) is 14.9 Å². The smallest absolute Gasteiger partial charge is 0.294 e. The largest absolute Gasteiger partial charge is 0.490 e. The molecule has 0 unspecified atom stereocenters. The van der Waals surface area contributed by atoms with Gasteiger partial charge in [0.15, 0.2) is 22.3 Å². The summed E-state index contributed by atoms with van der Waals surface area (Å²) < 4.78 is 14.3. The highest BCUT2D eigenvalue weighted by Crippen LogP contribution is 2.34. The van der Waals surface area contributed by atoms with E-state index >= 15 is 0 Å². The molecule has 0 fully saturated rings. The summed E-state index contributed by atoms with van der Waals surface area (Å²) in [6, 6.07) is 14.2. The first-order chi connectivity index (χ1) is 16.0. The molecule has 0 aliphatic rings. The van der Waals surface area contributed by atoms with Gasteiger partial charge in [-0.05, 0) is 49.7 Å². The summed E-state index contributed by atoms with van der Waals surface area (Å²) in [5, 5.41) is 8.40. The third-order valence-corrected chi connectivity index (χ3v) is 4.89. The molecule has 0 atom stereocenters. The van der Waals surface area contributed by atoms with Crippen molar-refractivity contribution in [3.05, 3.63) is 87.6 Å². The molecule has 0 saturated heterocycles. The Hall–Kier alpha value is -4.11. The van der Waals surface area contributed by atoms with Crippen LogP contribution in [0.2, 0.25) is 5.02 Å². The molecule has 33 heavy (non-hydrogen) atoms. The van der Waals surface area contributed by atoms with Gasteiger partial charge < -0.3 is 15.2 Å². The normalized spacial score (nSPS) is 11.1. The standard InChI is InChI=1S/C23H21ClN6O3/c1-3-32-19-11-16(12-26-29-14-15(2)28-23(29)25)9-10-18(19)33-20-13-27-30(22(31)21(20)24)17-7-5-4-6-8-17/h4-14H,3H2,1-2H3,(H2,25,28). The molecular formula is C23H21ClN6O3. The number of para-hydroxylation sites is 1. The maximum absolute atomic E-state index is 12.7. The van der Waals surface area contributed by atoms with E-state index in [0.717, 1.165) is 11.3 Å². The van der Waals surface area contributed by atoms with Crippen LogP contribution in [-0.4, -0.2) is 32.3 Å². The van der Waals surface area contributed by atoms with Crippen LogP contribution in [0.25, 0.3) is 5.69 Å². The molecular weight excluding hydrogens is 444 g/mol. The summed E-state index contributed by atoms with van der Waals surface area (Å²) in [4.78, 5) is 16.8. The molecule has 0 radical (unpaired) electrons. The van der Waals surface area contributed by atoms with Crippen molar-refractivity contribution in [2.45, 2.75) is 13.8 Å². The van der Waals surface area contributed by atoms with Gasteiger partial charge in [0, 0.05) is 0 Å². The van der Waals surface area contributed by atoms with Crippen LogP contribution in [-0.2, 0) is 0 Å². The zero-order valence-corrected chi connectivity index (χ0v) is 18.7. The van der Waals surface area contributed by atoms with Crippen LogP contribution in [0.3, 0.4) is 0 Å². The van der Waals surface area contributed by atoms with E-state index in [1.807, 2.05) is 32.0 Å². The predicted molar refractivity (Wildman–Crippen MR) is 127 cm³/mol. The number of halogens is 1. The van der Waals surface area contributed by atoms with Crippen molar-refractivity contribution in [2.24, 2.45) is 5.10 Å². The van der Waals surface area contributed by atoms with Gasteiger partial charge in [0.25, 0.3) is 5.56 Å². The molecule has 0 bridgehead atoms. The quantitative estimate of drug-likeness (QED) is 0.413. The van der Waals surface area contributed by atoms with Crippen LogP contribution >= 0.6 is 11.6 Å². The monoisotopic (exact) mass is 464 g/mol. The van der Waals surface area contributed by atoms with E-state index in [4.69, 9.17) is 26.8 Å². The van der Waals surface area contributed by atoms with E-state index in [2.05, 4.69) is 15.2 Å². The van der Waals surface area contributed by atoms with Crippen LogP contribution in [0.1, 0.15) is 18.2 Å². The molecule has 0 spiro atoms. The van der Waals surface area contributed by atoms with Crippen LogP contribution < -0.4 is 20.8 Å². The molecule has 168 valence electrons. The second-order valence-electron chi connectivity index (χ2n) is 6.95. The number of rotatable bonds is 7. The van der Waals surface area contributed by atoms with E-state index in [-0.39, 0.29) is 10.8 Å². The third-order valence-electron chi connectivity index (χ3n) is 4.54. The highest BCUT2D eigenvalue weighted by atomic mass is 35.5. The van der Waals surface area contributed by atoms with E-state index < -0.39 is 5.56 Å². The van der Waals surface area contributed by atoms with Crippen molar-refractivity contribution < 1.29 is 9.47 Å². The Bertz CT molecular complexity index is 1360. The van der Waals surface area contributed by atoms with Crippen molar-refractivity contribution in [2.75, 3.05) is 12.3 Å². The number of anilines is 1. The number of imidazole rings is 1. The Morgan fingerprint density at radius 1 is 1.15 bits per heavy atom. The van der Waals surface area contributed by atoms with Gasteiger partial charge >= 0.3 is 0 Å². The van der Waals surface area contributed by atoms with Gasteiger partial charge in [0.05, 0.1) is 36.6 Å². The van der Waals surface area contributed by atoms with Gasteiger partial charge in [-0.15, -0.1) is 0 Å². The number of nitrogen functional groups attached to an aromatic ring is 1. The van der Waals surface area contributed by atoms with Crippen molar-refractivity contribution in [3.63, 3.8) is 0 Å². The Morgan fingerprint density at radius 2 is 1.94 bits per heavy atom. The lowest BCUT2D eigenvalue weighted by Gasteiger charge is -2.13. The van der Waals surface area contributed by atoms with Gasteiger partial charge in [-0.1, -0.05) is 29.8 Å². The molecule has 4 rings (SSSR count). The molecule has 0 aliphatic heterocycles. The van der Waals surface area contributed by atoms with Crippen molar-refractivity contribution in [1.29, 1.82) is 0 Å². The lowest BCUT2D eigenvalue weighted by Crippen LogP contribution is -2.21. The summed E-state index contributed by atoms with van der Waals surface area (Å²) in [6.45, 7) is 4.10. The van der Waals surface area contributed by atoms with Gasteiger partial charge in [-0.25, -0.2) is 9.66 Å². The van der Waals surface area contributed by atoms with E-state index in [1.54, 1.807) is 42.7 Å². The zero-order chi connectivity index (χ0) is 23.4. The number of nitrogens with two attached hydrogens (primary N) is 1.